The Morgan fingerprint density at radius 3 is 2.83 bits per heavy atom. The lowest BCUT2D eigenvalue weighted by Crippen LogP contribution is -2.41. The van der Waals surface area contributed by atoms with Gasteiger partial charge in [0.15, 0.2) is 5.65 Å². The Bertz CT molecular complexity index is 1140. The Labute approximate surface area is 168 Å². The highest BCUT2D eigenvalue weighted by Crippen LogP contribution is 2.31. The molecule has 0 aliphatic carbocycles. The summed E-state index contributed by atoms with van der Waals surface area (Å²) in [5, 5.41) is 12.7. The van der Waals surface area contributed by atoms with E-state index in [4.69, 9.17) is 0 Å². The van der Waals surface area contributed by atoms with Crippen LogP contribution in [0.5, 0.6) is 0 Å². The van der Waals surface area contributed by atoms with Gasteiger partial charge in [-0.05, 0) is 30.7 Å². The number of carbonyl (C=O) groups excluding carboxylic acids is 2. The summed E-state index contributed by atoms with van der Waals surface area (Å²) < 4.78 is 36.8. The summed E-state index contributed by atoms with van der Waals surface area (Å²) in [5.74, 6) is -0.826. The molecule has 156 valence electrons. The van der Waals surface area contributed by atoms with E-state index in [0.717, 1.165) is 11.1 Å². The van der Waals surface area contributed by atoms with Crippen molar-refractivity contribution in [1.29, 1.82) is 0 Å². The zero-order valence-electron chi connectivity index (χ0n) is 15.8. The number of fused-ring (bicyclic) bond motifs is 2. The SMILES string of the molecule is Cc1[nH]nc2nc(Nc3cccc4c3C(=O)N(CC(=O)NCC(F)(F)F)C4)ccc12. The van der Waals surface area contributed by atoms with Crippen LogP contribution >= 0.6 is 0 Å². The first-order valence-electron chi connectivity index (χ1n) is 9.04. The summed E-state index contributed by atoms with van der Waals surface area (Å²) in [6.45, 7) is 0.120. The normalized spacial score (nSPS) is 13.6. The lowest BCUT2D eigenvalue weighted by atomic mass is 10.1. The summed E-state index contributed by atoms with van der Waals surface area (Å²) >= 11 is 0. The van der Waals surface area contributed by atoms with E-state index in [1.807, 2.05) is 13.0 Å². The number of pyridine rings is 1. The molecule has 0 radical (unpaired) electrons. The van der Waals surface area contributed by atoms with Crippen LogP contribution in [0, 0.1) is 6.92 Å². The fourth-order valence-electron chi connectivity index (χ4n) is 3.31. The highest BCUT2D eigenvalue weighted by Gasteiger charge is 2.33. The van der Waals surface area contributed by atoms with Crippen molar-refractivity contribution in [2.75, 3.05) is 18.4 Å². The molecule has 0 saturated heterocycles. The van der Waals surface area contributed by atoms with E-state index in [1.165, 1.54) is 4.90 Å². The van der Waals surface area contributed by atoms with Gasteiger partial charge in [-0.15, -0.1) is 0 Å². The molecule has 2 amide bonds. The molecule has 30 heavy (non-hydrogen) atoms. The van der Waals surface area contributed by atoms with Crippen LogP contribution in [-0.4, -0.2) is 51.2 Å². The van der Waals surface area contributed by atoms with Crippen LogP contribution < -0.4 is 10.6 Å². The molecule has 0 bridgehead atoms. The van der Waals surface area contributed by atoms with Crippen LogP contribution in [0.4, 0.5) is 24.7 Å². The average Bonchev–Trinajstić information content (AvgIpc) is 3.20. The second-order valence-electron chi connectivity index (χ2n) is 6.93. The van der Waals surface area contributed by atoms with E-state index in [1.54, 1.807) is 29.6 Å². The van der Waals surface area contributed by atoms with Gasteiger partial charge in [-0.1, -0.05) is 12.1 Å². The molecule has 3 aromatic rings. The Balaban J connectivity index is 1.51. The Kier molecular flexibility index (Phi) is 4.80. The Morgan fingerprint density at radius 1 is 1.27 bits per heavy atom. The Hall–Kier alpha value is -3.63. The van der Waals surface area contributed by atoms with E-state index < -0.39 is 31.1 Å². The topological polar surface area (TPSA) is 103 Å². The summed E-state index contributed by atoms with van der Waals surface area (Å²) in [6.07, 6.45) is -4.51. The van der Waals surface area contributed by atoms with Gasteiger partial charge in [0.2, 0.25) is 5.91 Å². The van der Waals surface area contributed by atoms with Crippen molar-refractivity contribution in [2.45, 2.75) is 19.6 Å². The number of alkyl halides is 3. The average molecular weight is 418 g/mol. The highest BCUT2D eigenvalue weighted by molar-refractivity contribution is 6.05. The molecule has 1 aliphatic heterocycles. The minimum absolute atomic E-state index is 0.133. The minimum Gasteiger partial charge on any atom is -0.345 e. The molecule has 0 atom stereocenters. The standard InChI is InChI=1S/C19H17F3N6O2/c1-10-12-5-6-14(25-17(12)27-26-10)24-13-4-2-3-11-7-28(18(30)16(11)13)8-15(29)23-9-19(20,21)22/h2-6H,7-9H2,1H3,(H,23,29)(H2,24,25,26,27). The largest absolute Gasteiger partial charge is 0.405 e. The molecular formula is C19H17F3N6O2. The molecule has 1 aromatic carbocycles. The molecule has 0 fully saturated rings. The van der Waals surface area contributed by atoms with Crippen molar-refractivity contribution >= 4 is 34.4 Å². The molecular weight excluding hydrogens is 401 g/mol. The van der Waals surface area contributed by atoms with Crippen LogP contribution in [-0.2, 0) is 11.3 Å². The number of carbonyl (C=O) groups is 2. The molecule has 3 N–H and O–H groups in total. The maximum absolute atomic E-state index is 12.8. The number of hydrogen-bond donors (Lipinski definition) is 3. The van der Waals surface area contributed by atoms with Gasteiger partial charge in [-0.25, -0.2) is 4.98 Å². The van der Waals surface area contributed by atoms with Crippen LogP contribution in [0.1, 0.15) is 21.6 Å². The quantitative estimate of drug-likeness (QED) is 0.591. The predicted molar refractivity (Wildman–Crippen MR) is 102 cm³/mol. The lowest BCUT2D eigenvalue weighted by Gasteiger charge is -2.16. The second kappa shape index (κ2) is 7.32. The molecule has 0 saturated carbocycles. The first kappa shape index (κ1) is 19.7. The van der Waals surface area contributed by atoms with Gasteiger partial charge in [0.05, 0.1) is 11.3 Å². The van der Waals surface area contributed by atoms with Gasteiger partial charge in [0, 0.05) is 17.6 Å². The summed E-state index contributed by atoms with van der Waals surface area (Å²) in [6, 6.07) is 8.79. The van der Waals surface area contributed by atoms with Crippen LogP contribution in [0.2, 0.25) is 0 Å². The summed E-state index contributed by atoms with van der Waals surface area (Å²) in [5.41, 5.74) is 2.94. The zero-order chi connectivity index (χ0) is 21.5. The first-order chi connectivity index (χ1) is 14.2. The van der Waals surface area contributed by atoms with E-state index in [-0.39, 0.29) is 6.54 Å². The minimum atomic E-state index is -4.51. The number of anilines is 2. The van der Waals surface area contributed by atoms with Gasteiger partial charge >= 0.3 is 6.18 Å². The number of halogens is 3. The third-order valence-corrected chi connectivity index (χ3v) is 4.70. The molecule has 0 spiro atoms. The number of aromatic amines is 1. The molecule has 2 aromatic heterocycles. The number of nitrogens with zero attached hydrogens (tertiary/aromatic N) is 3. The predicted octanol–water partition coefficient (Wildman–Crippen LogP) is 2.64. The van der Waals surface area contributed by atoms with Crippen molar-refractivity contribution in [1.82, 2.24) is 25.4 Å². The lowest BCUT2D eigenvalue weighted by molar-refractivity contribution is -0.138. The van der Waals surface area contributed by atoms with Gasteiger partial charge < -0.3 is 15.5 Å². The van der Waals surface area contributed by atoms with Crippen LogP contribution in [0.25, 0.3) is 11.0 Å². The fraction of sp³-hybridized carbons (Fsp3) is 0.263. The fourth-order valence-corrected chi connectivity index (χ4v) is 3.31. The maximum Gasteiger partial charge on any atom is 0.405 e. The number of aromatic nitrogens is 3. The molecule has 8 nitrogen and oxygen atoms in total. The monoisotopic (exact) mass is 418 g/mol. The molecule has 0 unspecified atom stereocenters. The van der Waals surface area contributed by atoms with Crippen molar-refractivity contribution < 1.29 is 22.8 Å². The zero-order valence-corrected chi connectivity index (χ0v) is 15.8. The van der Waals surface area contributed by atoms with Gasteiger partial charge in [-0.3, -0.25) is 14.7 Å². The number of hydrogen-bond acceptors (Lipinski definition) is 5. The highest BCUT2D eigenvalue weighted by atomic mass is 19.4. The second-order valence-corrected chi connectivity index (χ2v) is 6.93. The summed E-state index contributed by atoms with van der Waals surface area (Å²) in [4.78, 5) is 30.2. The van der Waals surface area contributed by atoms with Crippen molar-refractivity contribution in [3.8, 4) is 0 Å². The number of amides is 2. The molecule has 4 rings (SSSR count). The smallest absolute Gasteiger partial charge is 0.345 e. The van der Waals surface area contributed by atoms with E-state index in [9.17, 15) is 22.8 Å². The number of rotatable bonds is 5. The number of aryl methyl sites for hydroxylation is 1. The first-order valence-corrected chi connectivity index (χ1v) is 9.04. The van der Waals surface area contributed by atoms with Crippen molar-refractivity contribution in [3.63, 3.8) is 0 Å². The van der Waals surface area contributed by atoms with Gasteiger partial charge in [0.1, 0.15) is 18.9 Å². The van der Waals surface area contributed by atoms with Crippen LogP contribution in [0.15, 0.2) is 30.3 Å². The number of benzene rings is 1. The van der Waals surface area contributed by atoms with Crippen LogP contribution in [0.3, 0.4) is 0 Å². The Morgan fingerprint density at radius 2 is 2.07 bits per heavy atom. The van der Waals surface area contributed by atoms with E-state index >= 15 is 0 Å². The third-order valence-electron chi connectivity index (χ3n) is 4.70. The maximum atomic E-state index is 12.8. The van der Waals surface area contributed by atoms with Gasteiger partial charge in [0.25, 0.3) is 5.91 Å². The van der Waals surface area contributed by atoms with Gasteiger partial charge in [-0.2, -0.15) is 18.3 Å². The number of nitrogens with one attached hydrogen (secondary N) is 3. The summed E-state index contributed by atoms with van der Waals surface area (Å²) in [7, 11) is 0. The molecule has 1 aliphatic rings. The van der Waals surface area contributed by atoms with E-state index in [2.05, 4.69) is 20.5 Å². The van der Waals surface area contributed by atoms with Crippen molar-refractivity contribution in [3.05, 3.63) is 47.2 Å². The molecule has 3 heterocycles. The number of H-pyrrole nitrogens is 1. The van der Waals surface area contributed by atoms with E-state index in [0.29, 0.717) is 28.3 Å². The van der Waals surface area contributed by atoms with Crippen molar-refractivity contribution in [2.24, 2.45) is 0 Å². The molecule has 11 heteroatoms. The third kappa shape index (κ3) is 3.91.